The molecule has 0 atom stereocenters. The summed E-state index contributed by atoms with van der Waals surface area (Å²) in [6.45, 7) is 12.3. The first-order valence-electron chi connectivity index (χ1n) is 23.8. The molecule has 0 bridgehead atoms. The van der Waals surface area contributed by atoms with Crippen LogP contribution in [0.1, 0.15) is 36.1 Å². The maximum absolute atomic E-state index is 2.68. The van der Waals surface area contributed by atoms with Gasteiger partial charge in [0.1, 0.15) is 5.66 Å². The lowest BCUT2D eigenvalue weighted by Gasteiger charge is -2.48. The average molecular weight is 877 g/mol. The number of nitrogens with zero attached hydrogens (tertiary/aromatic N) is 4. The topological polar surface area (TPSA) is 13.0 Å². The van der Waals surface area contributed by atoms with E-state index in [0.29, 0.717) is 0 Å². The molecule has 0 saturated carbocycles. The molecule has 0 saturated heterocycles. The van der Waals surface area contributed by atoms with E-state index in [1.807, 2.05) is 0 Å². The van der Waals surface area contributed by atoms with E-state index in [2.05, 4.69) is 259 Å². The van der Waals surface area contributed by atoms with Gasteiger partial charge < -0.3 is 19.6 Å². The molecule has 4 aliphatic heterocycles. The lowest BCUT2D eigenvalue weighted by molar-refractivity contribution is 0.541. The molecule has 0 N–H and O–H groups in total. The number of hydrogen-bond donors (Lipinski definition) is 0. The second-order valence-corrected chi connectivity index (χ2v) is 25.5. The lowest BCUT2D eigenvalue weighted by atomic mass is 9.33. The second kappa shape index (κ2) is 13.5. The zero-order valence-corrected chi connectivity index (χ0v) is 39.5. The second-order valence-electron chi connectivity index (χ2n) is 20.5. The van der Waals surface area contributed by atoms with Crippen LogP contribution in [0.15, 0.2) is 206 Å². The molecule has 0 fully saturated rings. The van der Waals surface area contributed by atoms with Gasteiger partial charge in [-0.15, -0.1) is 0 Å². The highest BCUT2D eigenvalue weighted by Crippen LogP contribution is 2.63. The minimum absolute atomic E-state index is 0.0260. The first-order chi connectivity index (χ1) is 32.7. The van der Waals surface area contributed by atoms with Gasteiger partial charge in [-0.05, 0) is 130 Å². The van der Waals surface area contributed by atoms with Crippen molar-refractivity contribution in [2.75, 3.05) is 19.6 Å². The first kappa shape index (κ1) is 38.7. The number of benzene rings is 9. The fourth-order valence-corrected chi connectivity index (χ4v) is 14.1. The molecule has 5 aliphatic rings. The van der Waals surface area contributed by atoms with E-state index < -0.39 is 13.5 Å². The molecule has 320 valence electrons. The fraction of sp³-hybridized carbons (Fsp3) is 0.115. The van der Waals surface area contributed by atoms with Crippen molar-refractivity contribution in [1.29, 1.82) is 0 Å². The van der Waals surface area contributed by atoms with E-state index >= 15 is 0 Å². The Labute approximate surface area is 395 Å². The molecule has 0 amide bonds. The molecule has 14 rings (SSSR count). The lowest BCUT2D eigenvalue weighted by Crippen LogP contribution is -2.64. The number of fused-ring (bicyclic) bond motifs is 13. The molecule has 0 aromatic heterocycles. The number of anilines is 10. The molecular formula is C61H49BN4Si. The summed E-state index contributed by atoms with van der Waals surface area (Å²) < 4.78 is 0. The molecule has 67 heavy (non-hydrogen) atoms. The van der Waals surface area contributed by atoms with Crippen molar-refractivity contribution in [2.45, 2.75) is 44.6 Å². The van der Waals surface area contributed by atoms with Crippen molar-refractivity contribution in [3.63, 3.8) is 0 Å². The smallest absolute Gasteiger partial charge is 0.252 e. The Kier molecular flexibility index (Phi) is 7.81. The zero-order valence-electron chi connectivity index (χ0n) is 38.5. The summed E-state index contributed by atoms with van der Waals surface area (Å²) in [6, 6.07) is 78.1. The van der Waals surface area contributed by atoms with E-state index in [0.717, 1.165) is 11.4 Å². The van der Waals surface area contributed by atoms with Gasteiger partial charge in [0.25, 0.3) is 6.71 Å². The van der Waals surface area contributed by atoms with Crippen LogP contribution in [0, 0.1) is 0 Å². The summed E-state index contributed by atoms with van der Waals surface area (Å²) in [5, 5.41) is 1.46. The van der Waals surface area contributed by atoms with Crippen LogP contribution in [0.4, 0.5) is 56.9 Å². The minimum Gasteiger partial charge on any atom is -0.317 e. The Hall–Kier alpha value is -7.54. The van der Waals surface area contributed by atoms with Crippen molar-refractivity contribution in [1.82, 2.24) is 0 Å². The molecule has 9 aromatic carbocycles. The minimum atomic E-state index is -1.86. The summed E-state index contributed by atoms with van der Waals surface area (Å²) in [4.78, 5) is 10.4. The summed E-state index contributed by atoms with van der Waals surface area (Å²) >= 11 is 0. The third kappa shape index (κ3) is 4.98. The highest BCUT2D eigenvalue weighted by molar-refractivity contribution is 7.00. The molecule has 1 spiro atoms. The summed E-state index contributed by atoms with van der Waals surface area (Å²) in [5.41, 5.74) is 23.4. The standard InChI is InChI=1S/C61H49BN4Si/c1-60(2)65(41-23-10-7-11-24-41)54-34-20-31-51-59(54)66(60)57-39-43(67(3,4)5)38-56-58(57)62(51)50-36-35-42(37-55(50)63(56)40-21-8-6-9-22-40)64-52-32-18-16-29-48(52)61(49-30-17-19-33-53(49)64)46-27-14-12-25-44(46)45-26-13-15-28-47(45)61/h6-39H,1-5H3. The first-order valence-corrected chi connectivity index (χ1v) is 27.3. The highest BCUT2D eigenvalue weighted by Gasteiger charge is 2.54. The number of hydrogen-bond acceptors (Lipinski definition) is 4. The van der Waals surface area contributed by atoms with Gasteiger partial charge in [0.15, 0.2) is 0 Å². The SMILES string of the molecule is CC1(C)N(c2ccccc2)c2cccc3c2N1c1cc([Si](C)(C)C)cc2c1B3c1ccc(N3c4ccccc4C4(c5ccccc5-c5ccccc54)c4ccccc43)cc1N2c1ccccc1. The largest absolute Gasteiger partial charge is 0.317 e. The van der Waals surface area contributed by atoms with Crippen LogP contribution in [0.25, 0.3) is 11.1 Å². The van der Waals surface area contributed by atoms with Gasteiger partial charge >= 0.3 is 0 Å². The molecular weight excluding hydrogens is 828 g/mol. The Morgan fingerprint density at radius 2 is 0.910 bits per heavy atom. The maximum Gasteiger partial charge on any atom is 0.252 e. The third-order valence-corrected chi connectivity index (χ3v) is 17.6. The van der Waals surface area contributed by atoms with Crippen molar-refractivity contribution < 1.29 is 0 Å². The fourth-order valence-electron chi connectivity index (χ4n) is 13.0. The van der Waals surface area contributed by atoms with Crippen molar-refractivity contribution >= 4 is 93.2 Å². The van der Waals surface area contributed by atoms with E-state index in [1.54, 1.807) is 0 Å². The maximum atomic E-state index is 2.68. The van der Waals surface area contributed by atoms with Crippen LogP contribution >= 0.6 is 0 Å². The van der Waals surface area contributed by atoms with Crippen molar-refractivity contribution in [3.8, 4) is 11.1 Å². The van der Waals surface area contributed by atoms with E-state index in [9.17, 15) is 0 Å². The van der Waals surface area contributed by atoms with Gasteiger partial charge in [0, 0.05) is 34.1 Å². The summed E-state index contributed by atoms with van der Waals surface area (Å²) in [6.07, 6.45) is 0. The zero-order chi connectivity index (χ0) is 45.0. The molecule has 6 heteroatoms. The predicted molar refractivity (Wildman–Crippen MR) is 286 cm³/mol. The Morgan fingerprint density at radius 1 is 0.388 bits per heavy atom. The van der Waals surface area contributed by atoms with Crippen LogP contribution in [0.2, 0.25) is 19.6 Å². The van der Waals surface area contributed by atoms with Crippen LogP contribution in [-0.4, -0.2) is 20.4 Å². The van der Waals surface area contributed by atoms with Gasteiger partial charge in [-0.1, -0.05) is 164 Å². The average Bonchev–Trinajstić information content (AvgIpc) is 3.78. The van der Waals surface area contributed by atoms with Crippen molar-refractivity contribution in [3.05, 3.63) is 229 Å². The van der Waals surface area contributed by atoms with Gasteiger partial charge in [-0.3, -0.25) is 0 Å². The van der Waals surface area contributed by atoms with Gasteiger partial charge in [0.2, 0.25) is 0 Å². The van der Waals surface area contributed by atoms with E-state index in [1.165, 1.54) is 100 Å². The van der Waals surface area contributed by atoms with Gasteiger partial charge in [-0.2, -0.15) is 0 Å². The quantitative estimate of drug-likeness (QED) is 0.163. The predicted octanol–water partition coefficient (Wildman–Crippen LogP) is 13.0. The monoisotopic (exact) mass is 876 g/mol. The highest BCUT2D eigenvalue weighted by atomic mass is 28.3. The molecule has 9 aromatic rings. The third-order valence-electron chi connectivity index (χ3n) is 15.6. The Balaban J connectivity index is 1.04. The molecule has 4 nitrogen and oxygen atoms in total. The number of para-hydroxylation sites is 5. The van der Waals surface area contributed by atoms with Crippen molar-refractivity contribution in [2.24, 2.45) is 0 Å². The Bertz CT molecular complexity index is 3450. The Morgan fingerprint density at radius 3 is 1.54 bits per heavy atom. The number of rotatable bonds is 4. The summed E-state index contributed by atoms with van der Waals surface area (Å²) in [7, 11) is -1.86. The van der Waals surface area contributed by atoms with Crippen LogP contribution in [-0.2, 0) is 5.41 Å². The van der Waals surface area contributed by atoms with Gasteiger partial charge in [-0.25, -0.2) is 0 Å². The van der Waals surface area contributed by atoms with E-state index in [4.69, 9.17) is 0 Å². The molecule has 0 radical (unpaired) electrons. The normalized spacial score (nSPS) is 15.9. The van der Waals surface area contributed by atoms with Crippen LogP contribution in [0.5, 0.6) is 0 Å². The van der Waals surface area contributed by atoms with Gasteiger partial charge in [0.05, 0.1) is 36.2 Å². The van der Waals surface area contributed by atoms with Crippen LogP contribution < -0.4 is 41.2 Å². The molecule has 1 aliphatic carbocycles. The van der Waals surface area contributed by atoms with Crippen LogP contribution in [0.3, 0.4) is 0 Å². The molecule has 4 heterocycles. The summed E-state index contributed by atoms with van der Waals surface area (Å²) in [5.74, 6) is 0. The van der Waals surface area contributed by atoms with E-state index in [-0.39, 0.29) is 12.4 Å². The molecule has 0 unspecified atom stereocenters.